The van der Waals surface area contributed by atoms with Gasteiger partial charge < -0.3 is 9.47 Å². The summed E-state index contributed by atoms with van der Waals surface area (Å²) in [5, 5.41) is 22.2. The van der Waals surface area contributed by atoms with Gasteiger partial charge in [-0.05, 0) is 17.9 Å². The van der Waals surface area contributed by atoms with Crippen molar-refractivity contribution >= 4 is 28.4 Å². The molecule has 8 nitrogen and oxygen atoms in total. The van der Waals surface area contributed by atoms with Crippen LogP contribution >= 0.6 is 0 Å². The minimum atomic E-state index is -1.35. The molecule has 0 aromatic heterocycles. The van der Waals surface area contributed by atoms with Gasteiger partial charge in [-0.15, -0.1) is 0 Å². The number of carbonyl (C=O) groups is 2. The van der Waals surface area contributed by atoms with E-state index in [9.17, 15) is 25.0 Å². The Kier molecular flexibility index (Phi) is 5.86. The summed E-state index contributed by atoms with van der Waals surface area (Å²) < 4.78 is 9.16. The number of nitro benzene ring substituents is 1. The number of hydrogen-bond donors (Lipinski definition) is 0. The average Bonchev–Trinajstić information content (AvgIpc) is 2.66. The number of rotatable bonds is 6. The van der Waals surface area contributed by atoms with Gasteiger partial charge in [0, 0.05) is 5.56 Å². The second kappa shape index (κ2) is 8.07. The zero-order valence-electron chi connectivity index (χ0n) is 14.2. The van der Waals surface area contributed by atoms with Crippen LogP contribution in [0.5, 0.6) is 0 Å². The second-order valence-electron chi connectivity index (χ2n) is 5.50. The summed E-state index contributed by atoms with van der Waals surface area (Å²) in [4.78, 5) is 34.8. The first-order valence-corrected chi connectivity index (χ1v) is 7.65. The van der Waals surface area contributed by atoms with Crippen molar-refractivity contribution in [2.24, 2.45) is 5.92 Å². The number of hydrogen-bond acceptors (Lipinski definition) is 7. The monoisotopic (exact) mass is 356 g/mol. The van der Waals surface area contributed by atoms with Gasteiger partial charge in [0.2, 0.25) is 0 Å². The zero-order chi connectivity index (χ0) is 19.3. The van der Waals surface area contributed by atoms with Crippen molar-refractivity contribution in [3.05, 3.63) is 52.1 Å². The molecule has 8 heteroatoms. The quantitative estimate of drug-likeness (QED) is 0.338. The van der Waals surface area contributed by atoms with E-state index in [0.29, 0.717) is 10.8 Å². The molecule has 0 spiro atoms. The summed E-state index contributed by atoms with van der Waals surface area (Å²) in [5.74, 6) is -4.13. The first-order chi connectivity index (χ1) is 12.4. The lowest BCUT2D eigenvalue weighted by atomic mass is 9.87. The minimum Gasteiger partial charge on any atom is -0.468 e. The van der Waals surface area contributed by atoms with Gasteiger partial charge in [0.15, 0.2) is 5.92 Å². The highest BCUT2D eigenvalue weighted by Crippen LogP contribution is 2.36. The Hall–Kier alpha value is -3.47. The Labute approximate surface area is 149 Å². The molecule has 0 saturated heterocycles. The number of nitro groups is 1. The number of fused-ring (bicyclic) bond motifs is 1. The van der Waals surface area contributed by atoms with Gasteiger partial charge in [-0.25, -0.2) is 0 Å². The molecule has 0 bridgehead atoms. The van der Waals surface area contributed by atoms with Crippen molar-refractivity contribution in [1.82, 2.24) is 0 Å². The van der Waals surface area contributed by atoms with E-state index in [2.05, 4.69) is 9.47 Å². The van der Waals surface area contributed by atoms with Crippen LogP contribution in [0.2, 0.25) is 0 Å². The number of benzene rings is 2. The molecule has 0 radical (unpaired) electrons. The van der Waals surface area contributed by atoms with E-state index in [1.165, 1.54) is 6.07 Å². The third kappa shape index (κ3) is 3.62. The van der Waals surface area contributed by atoms with E-state index < -0.39 is 28.7 Å². The molecule has 134 valence electrons. The molecule has 0 amide bonds. The molecular formula is C18H16N2O6. The van der Waals surface area contributed by atoms with E-state index in [0.717, 1.165) is 14.2 Å². The van der Waals surface area contributed by atoms with Crippen LogP contribution in [-0.4, -0.2) is 31.1 Å². The highest BCUT2D eigenvalue weighted by molar-refractivity contribution is 5.95. The number of methoxy groups -OCH3 is 2. The highest BCUT2D eigenvalue weighted by Gasteiger charge is 2.35. The molecule has 0 aliphatic rings. The molecule has 2 rings (SSSR count). The maximum absolute atomic E-state index is 11.9. The predicted octanol–water partition coefficient (Wildman–Crippen LogP) is 2.71. The summed E-state index contributed by atoms with van der Waals surface area (Å²) >= 11 is 0. The van der Waals surface area contributed by atoms with Crippen molar-refractivity contribution < 1.29 is 24.0 Å². The molecule has 0 aliphatic heterocycles. The molecule has 2 aromatic rings. The first kappa shape index (κ1) is 18.9. The number of nitriles is 1. The standard InChI is InChI=1S/C18H16N2O6/c1-25-17(21)15(18(22)26-2)9-12(10-19)14-8-7-11-5-3-4-6-13(11)16(14)20(23)24/h3-8,12,15H,9H2,1-2H3. The average molecular weight is 356 g/mol. The van der Waals surface area contributed by atoms with E-state index >= 15 is 0 Å². The lowest BCUT2D eigenvalue weighted by molar-refractivity contribution is -0.383. The van der Waals surface area contributed by atoms with Crippen molar-refractivity contribution in [3.63, 3.8) is 0 Å². The zero-order valence-corrected chi connectivity index (χ0v) is 14.2. The second-order valence-corrected chi connectivity index (χ2v) is 5.50. The van der Waals surface area contributed by atoms with Crippen LogP contribution in [0.1, 0.15) is 17.9 Å². The van der Waals surface area contributed by atoms with Crippen LogP contribution in [-0.2, 0) is 19.1 Å². The largest absolute Gasteiger partial charge is 0.468 e. The van der Waals surface area contributed by atoms with E-state index in [4.69, 9.17) is 0 Å². The van der Waals surface area contributed by atoms with E-state index in [1.54, 1.807) is 30.3 Å². The minimum absolute atomic E-state index is 0.133. The van der Waals surface area contributed by atoms with Crippen LogP contribution in [0, 0.1) is 27.4 Å². The lowest BCUT2D eigenvalue weighted by Gasteiger charge is -2.16. The molecule has 2 aromatic carbocycles. The normalized spacial score (nSPS) is 11.6. The molecular weight excluding hydrogens is 340 g/mol. The Morgan fingerprint density at radius 1 is 1.15 bits per heavy atom. The first-order valence-electron chi connectivity index (χ1n) is 7.65. The molecule has 0 saturated carbocycles. The van der Waals surface area contributed by atoms with Crippen LogP contribution in [0.15, 0.2) is 36.4 Å². The Balaban J connectivity index is 2.55. The summed E-state index contributed by atoms with van der Waals surface area (Å²) in [5.41, 5.74) is -0.0860. The van der Waals surface area contributed by atoms with E-state index in [-0.39, 0.29) is 17.7 Å². The van der Waals surface area contributed by atoms with Crippen molar-refractivity contribution in [3.8, 4) is 6.07 Å². The van der Waals surface area contributed by atoms with Gasteiger partial charge in [-0.3, -0.25) is 19.7 Å². The Morgan fingerprint density at radius 3 is 2.31 bits per heavy atom. The Morgan fingerprint density at radius 2 is 1.77 bits per heavy atom. The molecule has 1 unspecified atom stereocenters. The van der Waals surface area contributed by atoms with Gasteiger partial charge in [0.05, 0.1) is 36.5 Å². The fraction of sp³-hybridized carbons (Fsp3) is 0.278. The predicted molar refractivity (Wildman–Crippen MR) is 91.1 cm³/mol. The maximum Gasteiger partial charge on any atom is 0.320 e. The van der Waals surface area contributed by atoms with Crippen LogP contribution in [0.4, 0.5) is 5.69 Å². The summed E-state index contributed by atoms with van der Waals surface area (Å²) in [6, 6.07) is 11.8. The van der Waals surface area contributed by atoms with Gasteiger partial charge in [0.25, 0.3) is 5.69 Å². The highest BCUT2D eigenvalue weighted by atomic mass is 16.6. The summed E-state index contributed by atoms with van der Waals surface area (Å²) in [6.45, 7) is 0. The number of esters is 2. The van der Waals surface area contributed by atoms with Gasteiger partial charge in [0.1, 0.15) is 0 Å². The fourth-order valence-corrected chi connectivity index (χ4v) is 2.82. The summed E-state index contributed by atoms with van der Waals surface area (Å²) in [6.07, 6.45) is -0.283. The number of nitrogens with zero attached hydrogens (tertiary/aromatic N) is 2. The van der Waals surface area contributed by atoms with Crippen molar-refractivity contribution in [2.45, 2.75) is 12.3 Å². The number of carbonyl (C=O) groups excluding carboxylic acids is 2. The van der Waals surface area contributed by atoms with Gasteiger partial charge >= 0.3 is 11.9 Å². The molecule has 0 aliphatic carbocycles. The fourth-order valence-electron chi connectivity index (χ4n) is 2.82. The van der Waals surface area contributed by atoms with Crippen LogP contribution in [0.25, 0.3) is 10.8 Å². The summed E-state index contributed by atoms with van der Waals surface area (Å²) in [7, 11) is 2.22. The lowest BCUT2D eigenvalue weighted by Crippen LogP contribution is -2.28. The topological polar surface area (TPSA) is 120 Å². The molecule has 0 N–H and O–H groups in total. The molecule has 0 fully saturated rings. The molecule has 0 heterocycles. The van der Waals surface area contributed by atoms with Gasteiger partial charge in [-0.2, -0.15) is 5.26 Å². The SMILES string of the molecule is COC(=O)C(CC(C#N)c1ccc2ccccc2c1[N+](=O)[O-])C(=O)OC. The van der Waals surface area contributed by atoms with Crippen molar-refractivity contribution in [1.29, 1.82) is 5.26 Å². The maximum atomic E-state index is 11.9. The van der Waals surface area contributed by atoms with Crippen molar-refractivity contribution in [2.75, 3.05) is 14.2 Å². The van der Waals surface area contributed by atoms with Crippen LogP contribution in [0.3, 0.4) is 0 Å². The van der Waals surface area contributed by atoms with Gasteiger partial charge in [-0.1, -0.05) is 30.3 Å². The molecule has 1 atom stereocenters. The molecule has 26 heavy (non-hydrogen) atoms. The number of ether oxygens (including phenoxy) is 2. The smallest absolute Gasteiger partial charge is 0.320 e. The third-order valence-electron chi connectivity index (χ3n) is 4.09. The third-order valence-corrected chi connectivity index (χ3v) is 4.09. The Bertz CT molecular complexity index is 886. The van der Waals surface area contributed by atoms with Crippen LogP contribution < -0.4 is 0 Å². The van der Waals surface area contributed by atoms with E-state index in [1.807, 2.05) is 6.07 Å².